The lowest BCUT2D eigenvalue weighted by Gasteiger charge is -2.17. The largest absolute Gasteiger partial charge is 0.308 e. The number of benzene rings is 1. The maximum absolute atomic E-state index is 8.84. The molecule has 0 fully saturated rings. The summed E-state index contributed by atoms with van der Waals surface area (Å²) in [5, 5.41) is 8.84. The fourth-order valence-electron chi connectivity index (χ4n) is 2.03. The second-order valence-corrected chi connectivity index (χ2v) is 4.61. The molecule has 3 nitrogen and oxygen atoms in total. The number of rotatable bonds is 3. The molecule has 0 N–H and O–H groups in total. The minimum absolute atomic E-state index is 0.771. The highest BCUT2D eigenvalue weighted by molar-refractivity contribution is 5.39. The first-order valence-corrected chi connectivity index (χ1v) is 5.58. The van der Waals surface area contributed by atoms with Crippen molar-refractivity contribution in [2.75, 3.05) is 27.2 Å². The molecule has 1 heterocycles. The summed E-state index contributed by atoms with van der Waals surface area (Å²) in [6, 6.07) is 8.21. The van der Waals surface area contributed by atoms with Gasteiger partial charge >= 0.3 is 0 Å². The molecule has 0 saturated carbocycles. The lowest BCUT2D eigenvalue weighted by molar-refractivity contribution is 0.246. The van der Waals surface area contributed by atoms with E-state index in [1.807, 2.05) is 12.1 Å². The van der Waals surface area contributed by atoms with Crippen LogP contribution in [-0.2, 0) is 13.1 Å². The standard InChI is InChI=1S/C13H17N3/c1-15(2)5-6-16-9-12-4-3-11(8-14)7-13(12)10-16/h3-4,7H,5-6,9-10H2,1-2H3. The summed E-state index contributed by atoms with van der Waals surface area (Å²) in [6.45, 7) is 4.18. The Morgan fingerprint density at radius 1 is 1.31 bits per heavy atom. The van der Waals surface area contributed by atoms with Crippen molar-refractivity contribution >= 4 is 0 Å². The first-order chi connectivity index (χ1) is 7.69. The van der Waals surface area contributed by atoms with Gasteiger partial charge in [-0.3, -0.25) is 4.90 Å². The first kappa shape index (κ1) is 11.1. The van der Waals surface area contributed by atoms with Crippen molar-refractivity contribution in [1.82, 2.24) is 9.80 Å². The molecule has 2 rings (SSSR count). The minimum atomic E-state index is 0.771. The van der Waals surface area contributed by atoms with Gasteiger partial charge in [0, 0.05) is 26.2 Å². The Balaban J connectivity index is 2.01. The van der Waals surface area contributed by atoms with Gasteiger partial charge in [0.05, 0.1) is 11.6 Å². The normalized spacial score (nSPS) is 15.1. The van der Waals surface area contributed by atoms with Gasteiger partial charge in [0.15, 0.2) is 0 Å². The summed E-state index contributed by atoms with van der Waals surface area (Å²) in [7, 11) is 4.19. The van der Waals surface area contributed by atoms with Crippen molar-refractivity contribution in [3.8, 4) is 6.07 Å². The van der Waals surface area contributed by atoms with Crippen molar-refractivity contribution in [3.05, 3.63) is 34.9 Å². The Morgan fingerprint density at radius 3 is 2.75 bits per heavy atom. The van der Waals surface area contributed by atoms with E-state index >= 15 is 0 Å². The lowest BCUT2D eigenvalue weighted by atomic mass is 10.1. The molecule has 1 aliphatic rings. The van der Waals surface area contributed by atoms with E-state index in [1.54, 1.807) is 0 Å². The molecule has 0 aromatic heterocycles. The highest BCUT2D eigenvalue weighted by atomic mass is 15.2. The van der Waals surface area contributed by atoms with Crippen LogP contribution in [0.1, 0.15) is 16.7 Å². The molecule has 0 amide bonds. The zero-order valence-corrected chi connectivity index (χ0v) is 9.90. The molecule has 0 bridgehead atoms. The van der Waals surface area contributed by atoms with E-state index in [0.29, 0.717) is 0 Å². The Labute approximate surface area is 96.9 Å². The zero-order valence-electron chi connectivity index (χ0n) is 9.90. The maximum Gasteiger partial charge on any atom is 0.0991 e. The first-order valence-electron chi connectivity index (χ1n) is 5.58. The van der Waals surface area contributed by atoms with E-state index in [0.717, 1.165) is 31.7 Å². The van der Waals surface area contributed by atoms with Crippen molar-refractivity contribution < 1.29 is 0 Å². The third-order valence-electron chi connectivity index (χ3n) is 2.99. The van der Waals surface area contributed by atoms with Crippen LogP contribution in [0, 0.1) is 11.3 Å². The summed E-state index contributed by atoms with van der Waals surface area (Å²) in [5.74, 6) is 0. The lowest BCUT2D eigenvalue weighted by Crippen LogP contribution is -2.27. The second-order valence-electron chi connectivity index (χ2n) is 4.61. The summed E-state index contributed by atoms with van der Waals surface area (Å²) in [5.41, 5.74) is 3.46. The monoisotopic (exact) mass is 215 g/mol. The van der Waals surface area contributed by atoms with Gasteiger partial charge in [-0.1, -0.05) is 6.07 Å². The van der Waals surface area contributed by atoms with Crippen LogP contribution < -0.4 is 0 Å². The van der Waals surface area contributed by atoms with E-state index in [1.165, 1.54) is 11.1 Å². The number of hydrogen-bond acceptors (Lipinski definition) is 3. The number of fused-ring (bicyclic) bond motifs is 1. The molecular weight excluding hydrogens is 198 g/mol. The summed E-state index contributed by atoms with van der Waals surface area (Å²) in [4.78, 5) is 4.62. The third-order valence-corrected chi connectivity index (χ3v) is 2.99. The Kier molecular flexibility index (Phi) is 3.23. The van der Waals surface area contributed by atoms with E-state index < -0.39 is 0 Å². The molecular formula is C13H17N3. The van der Waals surface area contributed by atoms with Gasteiger partial charge in [0.25, 0.3) is 0 Å². The quantitative estimate of drug-likeness (QED) is 0.764. The van der Waals surface area contributed by atoms with Gasteiger partial charge in [-0.25, -0.2) is 0 Å². The fourth-order valence-corrected chi connectivity index (χ4v) is 2.03. The Morgan fingerprint density at radius 2 is 2.06 bits per heavy atom. The SMILES string of the molecule is CN(C)CCN1Cc2ccc(C#N)cc2C1. The van der Waals surface area contributed by atoms with Crippen molar-refractivity contribution in [2.45, 2.75) is 13.1 Å². The summed E-state index contributed by atoms with van der Waals surface area (Å²) < 4.78 is 0. The fraction of sp³-hybridized carbons (Fsp3) is 0.462. The van der Waals surface area contributed by atoms with E-state index in [-0.39, 0.29) is 0 Å². The predicted molar refractivity (Wildman–Crippen MR) is 63.8 cm³/mol. The Bertz CT molecular complexity index is 418. The van der Waals surface area contributed by atoms with Crippen LogP contribution in [0.15, 0.2) is 18.2 Å². The molecule has 16 heavy (non-hydrogen) atoms. The zero-order chi connectivity index (χ0) is 11.5. The molecule has 1 aromatic carbocycles. The van der Waals surface area contributed by atoms with Crippen LogP contribution in [0.4, 0.5) is 0 Å². The topological polar surface area (TPSA) is 30.3 Å². The van der Waals surface area contributed by atoms with Crippen LogP contribution >= 0.6 is 0 Å². The molecule has 1 aromatic rings. The number of nitrogens with zero attached hydrogens (tertiary/aromatic N) is 3. The second kappa shape index (κ2) is 4.65. The Hall–Kier alpha value is -1.37. The molecule has 0 unspecified atom stereocenters. The van der Waals surface area contributed by atoms with Crippen molar-refractivity contribution in [3.63, 3.8) is 0 Å². The van der Waals surface area contributed by atoms with Gasteiger partial charge in [-0.05, 0) is 37.4 Å². The molecule has 0 spiro atoms. The van der Waals surface area contributed by atoms with Crippen LogP contribution in [0.3, 0.4) is 0 Å². The predicted octanol–water partition coefficient (Wildman–Crippen LogP) is 1.44. The van der Waals surface area contributed by atoms with Gasteiger partial charge in [0.1, 0.15) is 0 Å². The molecule has 0 atom stereocenters. The minimum Gasteiger partial charge on any atom is -0.308 e. The average Bonchev–Trinajstić information content (AvgIpc) is 2.67. The van der Waals surface area contributed by atoms with E-state index in [2.05, 4.69) is 36.0 Å². The smallest absolute Gasteiger partial charge is 0.0991 e. The highest BCUT2D eigenvalue weighted by Gasteiger charge is 2.18. The van der Waals surface area contributed by atoms with Crippen molar-refractivity contribution in [1.29, 1.82) is 5.26 Å². The number of hydrogen-bond donors (Lipinski definition) is 0. The summed E-state index contributed by atoms with van der Waals surface area (Å²) in [6.07, 6.45) is 0. The van der Waals surface area contributed by atoms with Gasteiger partial charge < -0.3 is 4.90 Å². The number of nitriles is 1. The molecule has 0 saturated heterocycles. The number of likely N-dealkylation sites (N-methyl/N-ethyl adjacent to an activating group) is 1. The molecule has 0 aliphatic carbocycles. The molecule has 84 valence electrons. The van der Waals surface area contributed by atoms with Crippen LogP contribution in [0.25, 0.3) is 0 Å². The van der Waals surface area contributed by atoms with E-state index in [9.17, 15) is 0 Å². The van der Waals surface area contributed by atoms with Gasteiger partial charge in [-0.2, -0.15) is 5.26 Å². The molecule has 3 heteroatoms. The molecule has 1 aliphatic heterocycles. The van der Waals surface area contributed by atoms with Crippen molar-refractivity contribution in [2.24, 2.45) is 0 Å². The van der Waals surface area contributed by atoms with Crippen LogP contribution in [0.5, 0.6) is 0 Å². The summed E-state index contributed by atoms with van der Waals surface area (Å²) >= 11 is 0. The van der Waals surface area contributed by atoms with Crippen LogP contribution in [-0.4, -0.2) is 37.0 Å². The van der Waals surface area contributed by atoms with Gasteiger partial charge in [-0.15, -0.1) is 0 Å². The maximum atomic E-state index is 8.84. The van der Waals surface area contributed by atoms with Crippen LogP contribution in [0.2, 0.25) is 0 Å². The van der Waals surface area contributed by atoms with Gasteiger partial charge in [0.2, 0.25) is 0 Å². The van der Waals surface area contributed by atoms with E-state index in [4.69, 9.17) is 5.26 Å². The molecule has 0 radical (unpaired) electrons. The average molecular weight is 215 g/mol. The third kappa shape index (κ3) is 2.41. The highest BCUT2D eigenvalue weighted by Crippen LogP contribution is 2.23.